The molecule has 0 saturated heterocycles. The fourth-order valence-corrected chi connectivity index (χ4v) is 0.668. The van der Waals surface area contributed by atoms with Crippen molar-refractivity contribution in [3.05, 3.63) is 23.9 Å². The Morgan fingerprint density at radius 1 is 1.70 bits per heavy atom. The number of nitrogens with zero attached hydrogens (tertiary/aromatic N) is 1. The molecular formula is C8H11NO. The highest BCUT2D eigenvalue weighted by Gasteiger charge is 1.91. The third-order valence-corrected chi connectivity index (χ3v) is 1.14. The number of allylic oxidation sites excluding steroid dienone is 1. The van der Waals surface area contributed by atoms with E-state index in [9.17, 15) is 0 Å². The molecular weight excluding hydrogens is 126 g/mol. The fourth-order valence-electron chi connectivity index (χ4n) is 0.668. The molecule has 0 radical (unpaired) electrons. The lowest BCUT2D eigenvalue weighted by Crippen LogP contribution is -1.65. The van der Waals surface area contributed by atoms with Crippen LogP contribution in [0.25, 0.3) is 6.08 Å². The van der Waals surface area contributed by atoms with Crippen LogP contribution in [0.5, 0.6) is 0 Å². The molecule has 0 fully saturated rings. The van der Waals surface area contributed by atoms with Gasteiger partial charge in [0, 0.05) is 0 Å². The van der Waals surface area contributed by atoms with Gasteiger partial charge in [-0.25, -0.2) is 4.98 Å². The maximum absolute atomic E-state index is 5.19. The number of hydrogen-bond donors (Lipinski definition) is 0. The van der Waals surface area contributed by atoms with Gasteiger partial charge in [-0.05, 0) is 19.4 Å². The molecule has 0 spiro atoms. The van der Waals surface area contributed by atoms with Crippen molar-refractivity contribution in [2.45, 2.75) is 20.3 Å². The molecule has 1 rings (SSSR count). The molecule has 1 heterocycles. The monoisotopic (exact) mass is 137 g/mol. The second kappa shape index (κ2) is 3.20. The zero-order chi connectivity index (χ0) is 7.40. The van der Waals surface area contributed by atoms with Crippen molar-refractivity contribution in [2.75, 3.05) is 0 Å². The minimum atomic E-state index is 0.694. The maximum atomic E-state index is 5.19. The van der Waals surface area contributed by atoms with Crippen molar-refractivity contribution in [3.63, 3.8) is 0 Å². The van der Waals surface area contributed by atoms with E-state index in [-0.39, 0.29) is 0 Å². The van der Waals surface area contributed by atoms with Gasteiger partial charge in [0.25, 0.3) is 0 Å². The van der Waals surface area contributed by atoms with Gasteiger partial charge < -0.3 is 4.42 Å². The van der Waals surface area contributed by atoms with E-state index in [0.29, 0.717) is 5.89 Å². The van der Waals surface area contributed by atoms with Crippen molar-refractivity contribution in [1.29, 1.82) is 0 Å². The first-order valence-corrected chi connectivity index (χ1v) is 3.42. The van der Waals surface area contributed by atoms with Gasteiger partial charge in [0.15, 0.2) is 0 Å². The van der Waals surface area contributed by atoms with Crippen LogP contribution >= 0.6 is 0 Å². The highest BCUT2D eigenvalue weighted by Crippen LogP contribution is 2.03. The molecule has 2 heteroatoms. The lowest BCUT2D eigenvalue weighted by Gasteiger charge is -1.80. The van der Waals surface area contributed by atoms with E-state index < -0.39 is 0 Å². The molecule has 10 heavy (non-hydrogen) atoms. The van der Waals surface area contributed by atoms with Gasteiger partial charge in [-0.15, -0.1) is 0 Å². The van der Waals surface area contributed by atoms with Crippen molar-refractivity contribution < 1.29 is 4.42 Å². The van der Waals surface area contributed by atoms with E-state index >= 15 is 0 Å². The van der Waals surface area contributed by atoms with Gasteiger partial charge in [-0.2, -0.15) is 0 Å². The summed E-state index contributed by atoms with van der Waals surface area (Å²) < 4.78 is 5.19. The summed E-state index contributed by atoms with van der Waals surface area (Å²) in [5.41, 5.74) is 0. The molecule has 1 aromatic heterocycles. The van der Waals surface area contributed by atoms with Crippen molar-refractivity contribution in [2.24, 2.45) is 0 Å². The minimum Gasteiger partial charge on any atom is -0.442 e. The Hall–Kier alpha value is -1.05. The van der Waals surface area contributed by atoms with Crippen molar-refractivity contribution >= 4 is 6.08 Å². The molecule has 0 bridgehead atoms. The van der Waals surface area contributed by atoms with Crippen LogP contribution in [0, 0.1) is 6.92 Å². The molecule has 0 amide bonds. The summed E-state index contributed by atoms with van der Waals surface area (Å²) in [4.78, 5) is 4.00. The first-order chi connectivity index (χ1) is 4.83. The smallest absolute Gasteiger partial charge is 0.218 e. The second-order valence-electron chi connectivity index (χ2n) is 2.12. The summed E-state index contributed by atoms with van der Waals surface area (Å²) in [6, 6.07) is 0. The van der Waals surface area contributed by atoms with Gasteiger partial charge in [0.2, 0.25) is 5.89 Å². The Balaban J connectivity index is 2.67. The Morgan fingerprint density at radius 3 is 3.00 bits per heavy atom. The van der Waals surface area contributed by atoms with E-state index in [1.807, 2.05) is 19.1 Å². The lowest BCUT2D eigenvalue weighted by atomic mass is 10.4. The lowest BCUT2D eigenvalue weighted by molar-refractivity contribution is 0.516. The standard InChI is InChI=1S/C8H11NO/c1-3-4-5-8-9-6-7(2)10-8/h4-6H,3H2,1-2H3/b5-4+. The zero-order valence-electron chi connectivity index (χ0n) is 6.29. The average Bonchev–Trinajstić information content (AvgIpc) is 2.31. The van der Waals surface area contributed by atoms with Gasteiger partial charge in [0.05, 0.1) is 6.20 Å². The highest BCUT2D eigenvalue weighted by atomic mass is 16.3. The Kier molecular flexibility index (Phi) is 2.26. The summed E-state index contributed by atoms with van der Waals surface area (Å²) >= 11 is 0. The third kappa shape index (κ3) is 1.72. The van der Waals surface area contributed by atoms with E-state index in [2.05, 4.69) is 11.9 Å². The predicted octanol–water partition coefficient (Wildman–Crippen LogP) is 2.41. The summed E-state index contributed by atoms with van der Waals surface area (Å²) in [5.74, 6) is 1.55. The Labute approximate surface area is 60.6 Å². The van der Waals surface area contributed by atoms with Crippen molar-refractivity contribution in [3.8, 4) is 0 Å². The fraction of sp³-hybridized carbons (Fsp3) is 0.375. The molecule has 2 nitrogen and oxygen atoms in total. The second-order valence-corrected chi connectivity index (χ2v) is 2.12. The predicted molar refractivity (Wildman–Crippen MR) is 40.6 cm³/mol. The summed E-state index contributed by atoms with van der Waals surface area (Å²) in [5, 5.41) is 0. The van der Waals surface area contributed by atoms with Crippen LogP contribution in [-0.4, -0.2) is 4.98 Å². The molecule has 0 N–H and O–H groups in total. The van der Waals surface area contributed by atoms with E-state index in [4.69, 9.17) is 4.42 Å². The van der Waals surface area contributed by atoms with Crippen LogP contribution in [0.4, 0.5) is 0 Å². The Morgan fingerprint density at radius 2 is 2.50 bits per heavy atom. The van der Waals surface area contributed by atoms with Gasteiger partial charge in [0.1, 0.15) is 5.76 Å². The summed E-state index contributed by atoms with van der Waals surface area (Å²) in [6.45, 7) is 3.96. The van der Waals surface area contributed by atoms with Crippen LogP contribution in [0.2, 0.25) is 0 Å². The quantitative estimate of drug-likeness (QED) is 0.625. The molecule has 0 saturated carbocycles. The molecule has 0 aliphatic heterocycles. The Bertz CT molecular complexity index is 225. The molecule has 0 atom stereocenters. The molecule has 0 aliphatic carbocycles. The number of oxazole rings is 1. The molecule has 54 valence electrons. The van der Waals surface area contributed by atoms with Crippen LogP contribution in [0.3, 0.4) is 0 Å². The molecule has 1 aromatic rings. The number of aryl methyl sites for hydroxylation is 1. The van der Waals surface area contributed by atoms with Gasteiger partial charge in [-0.1, -0.05) is 13.0 Å². The number of aromatic nitrogens is 1. The average molecular weight is 137 g/mol. The van der Waals surface area contributed by atoms with E-state index in [1.165, 1.54) is 0 Å². The van der Waals surface area contributed by atoms with Crippen LogP contribution in [-0.2, 0) is 0 Å². The normalized spacial score (nSPS) is 11.0. The summed E-state index contributed by atoms with van der Waals surface area (Å²) in [7, 11) is 0. The molecule has 0 aliphatic rings. The van der Waals surface area contributed by atoms with Crippen LogP contribution in [0.15, 0.2) is 16.7 Å². The first-order valence-electron chi connectivity index (χ1n) is 3.42. The van der Waals surface area contributed by atoms with Gasteiger partial charge >= 0.3 is 0 Å². The number of rotatable bonds is 2. The SMILES string of the molecule is CC/C=C/c1ncc(C)o1. The first kappa shape index (κ1) is 7.06. The largest absolute Gasteiger partial charge is 0.442 e. The third-order valence-electron chi connectivity index (χ3n) is 1.14. The van der Waals surface area contributed by atoms with E-state index in [1.54, 1.807) is 6.20 Å². The highest BCUT2D eigenvalue weighted by molar-refractivity contribution is 5.37. The van der Waals surface area contributed by atoms with Gasteiger partial charge in [-0.3, -0.25) is 0 Å². The van der Waals surface area contributed by atoms with Crippen LogP contribution in [0.1, 0.15) is 25.0 Å². The molecule has 0 unspecified atom stereocenters. The molecule has 0 aromatic carbocycles. The zero-order valence-corrected chi connectivity index (χ0v) is 6.29. The van der Waals surface area contributed by atoms with Crippen molar-refractivity contribution in [1.82, 2.24) is 4.98 Å². The maximum Gasteiger partial charge on any atom is 0.218 e. The van der Waals surface area contributed by atoms with E-state index in [0.717, 1.165) is 12.2 Å². The summed E-state index contributed by atoms with van der Waals surface area (Å²) in [6.07, 6.45) is 6.63. The van der Waals surface area contributed by atoms with Crippen LogP contribution < -0.4 is 0 Å². The minimum absolute atomic E-state index is 0.694. The number of hydrogen-bond acceptors (Lipinski definition) is 2. The topological polar surface area (TPSA) is 26.0 Å².